The molecule has 5 heteroatoms. The van der Waals surface area contributed by atoms with Crippen molar-refractivity contribution in [1.82, 2.24) is 4.98 Å². The number of nitrogens with two attached hydrogens (primary N) is 1. The van der Waals surface area contributed by atoms with Crippen LogP contribution in [0.2, 0.25) is 0 Å². The van der Waals surface area contributed by atoms with E-state index in [1.807, 2.05) is 25.1 Å². The minimum absolute atomic E-state index is 0.0975. The Labute approximate surface area is 110 Å². The van der Waals surface area contributed by atoms with E-state index in [0.717, 1.165) is 22.2 Å². The molecule has 0 aliphatic heterocycles. The van der Waals surface area contributed by atoms with Crippen LogP contribution in [-0.2, 0) is 4.79 Å². The summed E-state index contributed by atoms with van der Waals surface area (Å²) in [5.41, 5.74) is 8.78. The fourth-order valence-corrected chi connectivity index (χ4v) is 1.91. The Morgan fingerprint density at radius 2 is 2.11 bits per heavy atom. The second-order valence-electron chi connectivity index (χ2n) is 4.10. The third kappa shape index (κ3) is 2.46. The summed E-state index contributed by atoms with van der Waals surface area (Å²) in [6.07, 6.45) is 0. The first-order chi connectivity index (χ1) is 8.47. The Bertz CT molecular complexity index is 652. The maximum absolute atomic E-state index is 11.0. The number of hydrogen-bond acceptors (Lipinski definition) is 3. The number of nitrogens with zero attached hydrogens (tertiary/aromatic N) is 1. The third-order valence-electron chi connectivity index (χ3n) is 2.59. The van der Waals surface area contributed by atoms with Crippen LogP contribution in [0.3, 0.4) is 0 Å². The van der Waals surface area contributed by atoms with Crippen molar-refractivity contribution in [2.75, 3.05) is 5.32 Å². The number of rotatable bonds is 2. The fourth-order valence-electron chi connectivity index (χ4n) is 1.80. The van der Waals surface area contributed by atoms with Crippen LogP contribution in [-0.4, -0.2) is 15.9 Å². The molecule has 18 heavy (non-hydrogen) atoms. The van der Waals surface area contributed by atoms with Crippen LogP contribution in [0.5, 0.6) is 0 Å². The molecule has 0 radical (unpaired) electrons. The molecule has 1 amide bonds. The van der Waals surface area contributed by atoms with Crippen LogP contribution in [0.25, 0.3) is 10.9 Å². The summed E-state index contributed by atoms with van der Waals surface area (Å²) in [6, 6.07) is 7.39. The summed E-state index contributed by atoms with van der Waals surface area (Å²) in [5.74, 6) is -0.0975. The van der Waals surface area contributed by atoms with Gasteiger partial charge in [-0.05, 0) is 36.8 Å². The van der Waals surface area contributed by atoms with E-state index in [9.17, 15) is 4.79 Å². The van der Waals surface area contributed by atoms with E-state index in [4.69, 9.17) is 18.0 Å². The van der Waals surface area contributed by atoms with E-state index in [-0.39, 0.29) is 10.9 Å². The van der Waals surface area contributed by atoms with E-state index in [2.05, 4.69) is 10.3 Å². The maximum Gasteiger partial charge on any atom is 0.221 e. The van der Waals surface area contributed by atoms with Crippen LogP contribution < -0.4 is 11.1 Å². The van der Waals surface area contributed by atoms with Crippen LogP contribution in [0.1, 0.15) is 18.2 Å². The lowest BCUT2D eigenvalue weighted by molar-refractivity contribution is -0.114. The minimum atomic E-state index is -0.0975. The monoisotopic (exact) mass is 259 g/mol. The quantitative estimate of drug-likeness (QED) is 0.811. The van der Waals surface area contributed by atoms with Crippen molar-refractivity contribution in [2.24, 2.45) is 5.73 Å². The summed E-state index contributed by atoms with van der Waals surface area (Å²) in [6.45, 7) is 3.44. The van der Waals surface area contributed by atoms with Gasteiger partial charge < -0.3 is 11.1 Å². The molecule has 0 spiro atoms. The van der Waals surface area contributed by atoms with Gasteiger partial charge in [-0.15, -0.1) is 0 Å². The molecule has 0 bridgehead atoms. The standard InChI is InChI=1S/C13H13N3OS/c1-7-5-12(13(14)18)16-11-4-3-9(6-10(7)11)15-8(2)17/h3-6H,1-2H3,(H2,14,18)(H,15,17). The van der Waals surface area contributed by atoms with Crippen molar-refractivity contribution >= 4 is 39.7 Å². The molecule has 0 saturated carbocycles. The van der Waals surface area contributed by atoms with E-state index in [1.165, 1.54) is 6.92 Å². The van der Waals surface area contributed by atoms with Crippen molar-refractivity contribution in [3.05, 3.63) is 35.5 Å². The van der Waals surface area contributed by atoms with Gasteiger partial charge in [0.05, 0.1) is 11.2 Å². The zero-order valence-electron chi connectivity index (χ0n) is 10.2. The average Bonchev–Trinajstić information content (AvgIpc) is 2.28. The van der Waals surface area contributed by atoms with Crippen molar-refractivity contribution in [3.63, 3.8) is 0 Å². The summed E-state index contributed by atoms with van der Waals surface area (Å²) in [5, 5.41) is 3.72. The molecular formula is C13H13N3OS. The maximum atomic E-state index is 11.0. The Hall–Kier alpha value is -2.01. The van der Waals surface area contributed by atoms with Crippen LogP contribution >= 0.6 is 12.2 Å². The van der Waals surface area contributed by atoms with Crippen molar-refractivity contribution in [2.45, 2.75) is 13.8 Å². The summed E-state index contributed by atoms with van der Waals surface area (Å²) < 4.78 is 0. The van der Waals surface area contributed by atoms with Gasteiger partial charge in [0.2, 0.25) is 5.91 Å². The highest BCUT2D eigenvalue weighted by Crippen LogP contribution is 2.22. The normalized spacial score (nSPS) is 10.3. The molecular weight excluding hydrogens is 246 g/mol. The number of aromatic nitrogens is 1. The molecule has 4 nitrogen and oxygen atoms in total. The number of aryl methyl sites for hydroxylation is 1. The SMILES string of the molecule is CC(=O)Nc1ccc2nc(C(N)=S)cc(C)c2c1. The molecule has 0 unspecified atom stereocenters. The topological polar surface area (TPSA) is 68.0 Å². The number of amides is 1. The van der Waals surface area contributed by atoms with Gasteiger partial charge in [0, 0.05) is 18.0 Å². The Balaban J connectivity index is 2.57. The number of thiocarbonyl (C=S) groups is 1. The number of fused-ring (bicyclic) bond motifs is 1. The van der Waals surface area contributed by atoms with Gasteiger partial charge in [0.1, 0.15) is 4.99 Å². The van der Waals surface area contributed by atoms with Crippen molar-refractivity contribution in [3.8, 4) is 0 Å². The van der Waals surface area contributed by atoms with Crippen molar-refractivity contribution in [1.29, 1.82) is 0 Å². The molecule has 2 aromatic rings. The molecule has 1 heterocycles. The zero-order valence-corrected chi connectivity index (χ0v) is 11.0. The lowest BCUT2D eigenvalue weighted by Crippen LogP contribution is -2.12. The Morgan fingerprint density at radius 3 is 2.72 bits per heavy atom. The van der Waals surface area contributed by atoms with Crippen LogP contribution in [0.4, 0.5) is 5.69 Å². The van der Waals surface area contributed by atoms with E-state index in [1.54, 1.807) is 6.07 Å². The second-order valence-corrected chi connectivity index (χ2v) is 4.54. The third-order valence-corrected chi connectivity index (χ3v) is 2.80. The summed E-state index contributed by atoms with van der Waals surface area (Å²) in [7, 11) is 0. The summed E-state index contributed by atoms with van der Waals surface area (Å²) in [4.78, 5) is 15.7. The number of nitrogens with one attached hydrogen (secondary N) is 1. The summed E-state index contributed by atoms with van der Waals surface area (Å²) >= 11 is 4.93. The number of benzene rings is 1. The molecule has 0 atom stereocenters. The molecule has 0 fully saturated rings. The van der Waals surface area contributed by atoms with Crippen LogP contribution in [0.15, 0.2) is 24.3 Å². The highest BCUT2D eigenvalue weighted by Gasteiger charge is 2.06. The van der Waals surface area contributed by atoms with E-state index >= 15 is 0 Å². The number of hydrogen-bond donors (Lipinski definition) is 2. The van der Waals surface area contributed by atoms with Gasteiger partial charge in [-0.25, -0.2) is 4.98 Å². The van der Waals surface area contributed by atoms with Gasteiger partial charge in [-0.3, -0.25) is 4.79 Å². The number of carbonyl (C=O) groups is 1. The molecule has 2 rings (SSSR count). The van der Waals surface area contributed by atoms with Crippen molar-refractivity contribution < 1.29 is 4.79 Å². The average molecular weight is 259 g/mol. The fraction of sp³-hybridized carbons (Fsp3) is 0.154. The molecule has 1 aromatic carbocycles. The first kappa shape index (κ1) is 12.4. The molecule has 0 aliphatic rings. The number of pyridine rings is 1. The molecule has 0 aliphatic carbocycles. The highest BCUT2D eigenvalue weighted by atomic mass is 32.1. The van der Waals surface area contributed by atoms with Gasteiger partial charge in [0.15, 0.2) is 0 Å². The number of anilines is 1. The number of carbonyl (C=O) groups excluding carboxylic acids is 1. The largest absolute Gasteiger partial charge is 0.388 e. The highest BCUT2D eigenvalue weighted by molar-refractivity contribution is 7.80. The van der Waals surface area contributed by atoms with Gasteiger partial charge in [0.25, 0.3) is 0 Å². The Morgan fingerprint density at radius 1 is 1.39 bits per heavy atom. The first-order valence-electron chi connectivity index (χ1n) is 5.46. The van der Waals surface area contributed by atoms with Gasteiger partial charge >= 0.3 is 0 Å². The predicted octanol–water partition coefficient (Wildman–Crippen LogP) is 2.14. The second kappa shape index (κ2) is 4.70. The zero-order chi connectivity index (χ0) is 13.3. The van der Waals surface area contributed by atoms with E-state index in [0.29, 0.717) is 5.69 Å². The van der Waals surface area contributed by atoms with Gasteiger partial charge in [-0.1, -0.05) is 12.2 Å². The molecule has 92 valence electrons. The first-order valence-corrected chi connectivity index (χ1v) is 5.87. The molecule has 0 saturated heterocycles. The lowest BCUT2D eigenvalue weighted by Gasteiger charge is -2.08. The molecule has 1 aromatic heterocycles. The van der Waals surface area contributed by atoms with Crippen LogP contribution in [0, 0.1) is 6.92 Å². The lowest BCUT2D eigenvalue weighted by atomic mass is 10.1. The Kier molecular flexibility index (Phi) is 3.25. The predicted molar refractivity (Wildman–Crippen MR) is 76.7 cm³/mol. The van der Waals surface area contributed by atoms with Gasteiger partial charge in [-0.2, -0.15) is 0 Å². The minimum Gasteiger partial charge on any atom is -0.388 e. The smallest absolute Gasteiger partial charge is 0.221 e. The molecule has 3 N–H and O–H groups in total. The van der Waals surface area contributed by atoms with E-state index < -0.39 is 0 Å².